The highest BCUT2D eigenvalue weighted by molar-refractivity contribution is 6.00. The first-order valence-electron chi connectivity index (χ1n) is 11.8. The molecule has 1 unspecified atom stereocenters. The highest BCUT2D eigenvalue weighted by Crippen LogP contribution is 2.26. The number of anilines is 1. The summed E-state index contributed by atoms with van der Waals surface area (Å²) in [4.78, 5) is 43.6. The summed E-state index contributed by atoms with van der Waals surface area (Å²) in [5, 5.41) is 3.01. The zero-order valence-electron chi connectivity index (χ0n) is 18.3. The summed E-state index contributed by atoms with van der Waals surface area (Å²) in [7, 11) is 0. The fourth-order valence-corrected chi connectivity index (χ4v) is 5.02. The fourth-order valence-electron chi connectivity index (χ4n) is 5.02. The van der Waals surface area contributed by atoms with Crippen LogP contribution in [0.3, 0.4) is 0 Å². The minimum Gasteiger partial charge on any atom is -0.355 e. The molecule has 1 N–H and O–H groups in total. The number of rotatable bonds is 6. The predicted molar refractivity (Wildman–Crippen MR) is 120 cm³/mol. The van der Waals surface area contributed by atoms with Crippen LogP contribution in [0.5, 0.6) is 0 Å². The molecule has 0 radical (unpaired) electrons. The monoisotopic (exact) mass is 426 g/mol. The van der Waals surface area contributed by atoms with Gasteiger partial charge in [-0.3, -0.25) is 19.3 Å². The number of para-hydroxylation sites is 1. The van der Waals surface area contributed by atoms with E-state index in [0.717, 1.165) is 51.3 Å². The van der Waals surface area contributed by atoms with E-state index in [-0.39, 0.29) is 30.1 Å². The molecule has 1 aliphatic carbocycles. The molecular weight excluding hydrogens is 392 g/mol. The van der Waals surface area contributed by atoms with Gasteiger partial charge in [0.05, 0.1) is 5.92 Å². The van der Waals surface area contributed by atoms with Gasteiger partial charge < -0.3 is 15.1 Å². The summed E-state index contributed by atoms with van der Waals surface area (Å²) >= 11 is 0. The average Bonchev–Trinajstić information content (AvgIpc) is 3.22. The number of hydrogen-bond donors (Lipinski definition) is 1. The highest BCUT2D eigenvalue weighted by Gasteiger charge is 2.35. The van der Waals surface area contributed by atoms with Gasteiger partial charge in [-0.1, -0.05) is 37.5 Å². The van der Waals surface area contributed by atoms with Crippen molar-refractivity contribution in [1.82, 2.24) is 15.1 Å². The Bertz CT molecular complexity index is 770. The number of carbonyl (C=O) groups excluding carboxylic acids is 3. The van der Waals surface area contributed by atoms with Gasteiger partial charge in [-0.05, 0) is 25.0 Å². The largest absolute Gasteiger partial charge is 0.355 e. The van der Waals surface area contributed by atoms with Gasteiger partial charge in [0, 0.05) is 63.8 Å². The van der Waals surface area contributed by atoms with Crippen LogP contribution in [0.4, 0.5) is 5.69 Å². The van der Waals surface area contributed by atoms with Gasteiger partial charge in [0.2, 0.25) is 17.7 Å². The van der Waals surface area contributed by atoms with Crippen molar-refractivity contribution in [1.29, 1.82) is 0 Å². The second-order valence-corrected chi connectivity index (χ2v) is 9.03. The number of nitrogens with zero attached hydrogens (tertiary/aromatic N) is 3. The van der Waals surface area contributed by atoms with Crippen LogP contribution in [0, 0.1) is 11.8 Å². The maximum absolute atomic E-state index is 12.7. The Morgan fingerprint density at radius 1 is 0.935 bits per heavy atom. The van der Waals surface area contributed by atoms with Crippen molar-refractivity contribution in [3.05, 3.63) is 30.3 Å². The van der Waals surface area contributed by atoms with Gasteiger partial charge in [-0.25, -0.2) is 0 Å². The predicted octanol–water partition coefficient (Wildman–Crippen LogP) is 1.88. The van der Waals surface area contributed by atoms with Crippen molar-refractivity contribution < 1.29 is 14.4 Å². The van der Waals surface area contributed by atoms with Crippen molar-refractivity contribution >= 4 is 23.4 Å². The molecule has 7 heteroatoms. The molecule has 3 fully saturated rings. The number of nitrogens with one attached hydrogen (secondary N) is 1. The Hall–Kier alpha value is -2.41. The number of amides is 3. The first-order valence-corrected chi connectivity index (χ1v) is 11.8. The standard InChI is InChI=1S/C24H34N4O3/c29-22-17-20(18-28(22)21-9-5-2-6-10-21)23(30)25-11-12-26-13-15-27(16-14-26)24(31)19-7-3-1-4-8-19/h2,5-6,9-10,19-20H,1,3-4,7-8,11-18H2,(H,25,30). The number of carbonyl (C=O) groups is 3. The first-order chi connectivity index (χ1) is 15.1. The van der Waals surface area contributed by atoms with Crippen molar-refractivity contribution in [3.8, 4) is 0 Å². The molecule has 0 bridgehead atoms. The van der Waals surface area contributed by atoms with Crippen LogP contribution in [0.25, 0.3) is 0 Å². The van der Waals surface area contributed by atoms with Gasteiger partial charge in [0.15, 0.2) is 0 Å². The summed E-state index contributed by atoms with van der Waals surface area (Å²) in [6.07, 6.45) is 6.01. The third-order valence-corrected chi connectivity index (χ3v) is 6.93. The Labute approximate surface area is 184 Å². The fraction of sp³-hybridized carbons (Fsp3) is 0.625. The van der Waals surface area contributed by atoms with Crippen LogP contribution < -0.4 is 10.2 Å². The molecule has 31 heavy (non-hydrogen) atoms. The van der Waals surface area contributed by atoms with E-state index in [0.29, 0.717) is 19.0 Å². The van der Waals surface area contributed by atoms with Gasteiger partial charge >= 0.3 is 0 Å². The summed E-state index contributed by atoms with van der Waals surface area (Å²) in [5.41, 5.74) is 0.850. The lowest BCUT2D eigenvalue weighted by molar-refractivity contribution is -0.138. The SMILES string of the molecule is O=C(NCCN1CCN(C(=O)C2CCCCC2)CC1)C1CC(=O)N(c2ccccc2)C1. The topological polar surface area (TPSA) is 73.0 Å². The highest BCUT2D eigenvalue weighted by atomic mass is 16.2. The molecule has 1 aromatic carbocycles. The quantitative estimate of drug-likeness (QED) is 0.754. The lowest BCUT2D eigenvalue weighted by Gasteiger charge is -2.37. The van der Waals surface area contributed by atoms with E-state index >= 15 is 0 Å². The second-order valence-electron chi connectivity index (χ2n) is 9.03. The third kappa shape index (κ3) is 5.45. The van der Waals surface area contributed by atoms with Crippen LogP contribution in [-0.4, -0.2) is 73.3 Å². The lowest BCUT2D eigenvalue weighted by atomic mass is 9.88. The summed E-state index contributed by atoms with van der Waals surface area (Å²) in [5.74, 6) is 0.256. The Balaban J connectivity index is 1.15. The summed E-state index contributed by atoms with van der Waals surface area (Å²) < 4.78 is 0. The molecule has 2 saturated heterocycles. The number of benzene rings is 1. The summed E-state index contributed by atoms with van der Waals surface area (Å²) in [6.45, 7) is 5.08. The van der Waals surface area contributed by atoms with Crippen molar-refractivity contribution in [2.24, 2.45) is 11.8 Å². The molecule has 2 aliphatic heterocycles. The summed E-state index contributed by atoms with van der Waals surface area (Å²) in [6, 6.07) is 9.52. The maximum Gasteiger partial charge on any atom is 0.227 e. The van der Waals surface area contributed by atoms with Gasteiger partial charge in [0.25, 0.3) is 0 Å². The molecule has 3 amide bonds. The molecule has 1 saturated carbocycles. The molecule has 1 aromatic rings. The first kappa shape index (κ1) is 21.8. The zero-order chi connectivity index (χ0) is 21.6. The van der Waals surface area contributed by atoms with E-state index < -0.39 is 0 Å². The van der Waals surface area contributed by atoms with E-state index in [1.165, 1.54) is 19.3 Å². The molecule has 1 atom stereocenters. The average molecular weight is 427 g/mol. The van der Waals surface area contributed by atoms with Gasteiger partial charge in [-0.15, -0.1) is 0 Å². The molecule has 0 spiro atoms. The lowest BCUT2D eigenvalue weighted by Crippen LogP contribution is -2.52. The molecular formula is C24H34N4O3. The van der Waals surface area contributed by atoms with Gasteiger partial charge in [0.1, 0.15) is 0 Å². The van der Waals surface area contributed by atoms with Crippen LogP contribution in [-0.2, 0) is 14.4 Å². The Morgan fingerprint density at radius 2 is 1.65 bits per heavy atom. The van der Waals surface area contributed by atoms with Crippen LogP contribution in [0.1, 0.15) is 38.5 Å². The van der Waals surface area contributed by atoms with Crippen LogP contribution in [0.2, 0.25) is 0 Å². The van der Waals surface area contributed by atoms with E-state index in [1.54, 1.807) is 4.90 Å². The smallest absolute Gasteiger partial charge is 0.227 e. The van der Waals surface area contributed by atoms with E-state index in [1.807, 2.05) is 35.2 Å². The minimum absolute atomic E-state index is 0.00473. The number of hydrogen-bond acceptors (Lipinski definition) is 4. The number of piperazine rings is 1. The Morgan fingerprint density at radius 3 is 2.35 bits per heavy atom. The van der Waals surface area contributed by atoms with Crippen LogP contribution >= 0.6 is 0 Å². The molecule has 7 nitrogen and oxygen atoms in total. The molecule has 168 valence electrons. The maximum atomic E-state index is 12.7. The minimum atomic E-state index is -0.294. The third-order valence-electron chi connectivity index (χ3n) is 6.93. The van der Waals surface area contributed by atoms with Crippen molar-refractivity contribution in [2.45, 2.75) is 38.5 Å². The Kier molecular flexibility index (Phi) is 7.22. The molecule has 3 aliphatic rings. The van der Waals surface area contributed by atoms with Crippen molar-refractivity contribution in [2.75, 3.05) is 50.7 Å². The van der Waals surface area contributed by atoms with Crippen molar-refractivity contribution in [3.63, 3.8) is 0 Å². The molecule has 0 aromatic heterocycles. The van der Waals surface area contributed by atoms with E-state index in [9.17, 15) is 14.4 Å². The molecule has 2 heterocycles. The normalized spacial score (nSPS) is 23.2. The van der Waals surface area contributed by atoms with E-state index in [4.69, 9.17) is 0 Å². The second kappa shape index (κ2) is 10.3. The van der Waals surface area contributed by atoms with E-state index in [2.05, 4.69) is 10.2 Å². The molecule has 4 rings (SSSR count). The zero-order valence-corrected chi connectivity index (χ0v) is 18.3. The van der Waals surface area contributed by atoms with Gasteiger partial charge in [-0.2, -0.15) is 0 Å². The van der Waals surface area contributed by atoms with Crippen LogP contribution in [0.15, 0.2) is 30.3 Å².